The monoisotopic (exact) mass is 478 g/mol. The third kappa shape index (κ3) is 24.6. The minimum atomic E-state index is -0.263. The van der Waals surface area contributed by atoms with Crippen molar-refractivity contribution in [3.63, 3.8) is 0 Å². The van der Waals surface area contributed by atoms with E-state index >= 15 is 0 Å². The van der Waals surface area contributed by atoms with E-state index in [2.05, 4.69) is 21.3 Å². The van der Waals surface area contributed by atoms with Crippen LogP contribution in [-0.4, -0.2) is 117 Å². The fraction of sp³-hybridized carbons (Fsp3) is 0.857. The van der Waals surface area contributed by atoms with E-state index in [0.29, 0.717) is 85.6 Å². The van der Waals surface area contributed by atoms with Gasteiger partial charge >= 0.3 is 0 Å². The number of nitrogens with one attached hydrogen (secondary N) is 4. The fourth-order valence-corrected chi connectivity index (χ4v) is 2.29. The van der Waals surface area contributed by atoms with Crippen LogP contribution in [0, 0.1) is 0 Å². The summed E-state index contributed by atoms with van der Waals surface area (Å²) in [7, 11) is 1.66. The number of hydrogen-bond acceptors (Lipinski definition) is 9. The van der Waals surface area contributed by atoms with E-state index in [1.165, 1.54) is 0 Å². The average molecular weight is 479 g/mol. The molecule has 0 heterocycles. The van der Waals surface area contributed by atoms with E-state index < -0.39 is 0 Å². The molecule has 12 heteroatoms. The molecule has 0 aromatic rings. The minimum Gasteiger partial charge on any atom is -0.377 e. The van der Waals surface area contributed by atoms with E-state index in [1.54, 1.807) is 7.05 Å². The Morgan fingerprint density at radius 3 is 1.36 bits per heavy atom. The number of amides is 3. The molecule has 0 radical (unpaired) electrons. The molecule has 0 atom stereocenters. The quantitative estimate of drug-likeness (QED) is 0.121. The van der Waals surface area contributed by atoms with Gasteiger partial charge in [-0.05, 0) is 13.5 Å². The highest BCUT2D eigenvalue weighted by molar-refractivity contribution is 5.85. The molecule has 0 aliphatic rings. The summed E-state index contributed by atoms with van der Waals surface area (Å²) in [6.45, 7) is 7.49. The van der Waals surface area contributed by atoms with Gasteiger partial charge in [-0.15, -0.1) is 0 Å². The fourth-order valence-electron chi connectivity index (χ4n) is 2.29. The van der Waals surface area contributed by atoms with Gasteiger partial charge in [0.1, 0.15) is 0 Å². The van der Waals surface area contributed by atoms with Gasteiger partial charge in [0, 0.05) is 19.5 Å². The van der Waals surface area contributed by atoms with E-state index in [9.17, 15) is 14.4 Å². The summed E-state index contributed by atoms with van der Waals surface area (Å²) in [5.74, 6) is -0.443. The van der Waals surface area contributed by atoms with Gasteiger partial charge in [0.2, 0.25) is 17.7 Å². The van der Waals surface area contributed by atoms with Gasteiger partial charge in [0.25, 0.3) is 0 Å². The number of hydrogen-bond donors (Lipinski definition) is 4. The molecule has 0 saturated heterocycles. The Bertz CT molecular complexity index is 497. The zero-order valence-electron chi connectivity index (χ0n) is 20.1. The molecular formula is C21H42N4O8. The van der Waals surface area contributed by atoms with Gasteiger partial charge in [-0.2, -0.15) is 0 Å². The Kier molecular flexibility index (Phi) is 23.4. The first kappa shape index (κ1) is 31.2. The lowest BCUT2D eigenvalue weighted by molar-refractivity contribution is -0.125. The minimum absolute atomic E-state index is 0.0524. The smallest absolute Gasteiger partial charge is 0.239 e. The summed E-state index contributed by atoms with van der Waals surface area (Å²) >= 11 is 0. The van der Waals surface area contributed by atoms with Gasteiger partial charge < -0.3 is 45.0 Å². The second-order valence-corrected chi connectivity index (χ2v) is 6.82. The van der Waals surface area contributed by atoms with Gasteiger partial charge in [-0.1, -0.05) is 6.92 Å². The maximum atomic E-state index is 11.5. The summed E-state index contributed by atoms with van der Waals surface area (Å²) in [5.41, 5.74) is 0. The second kappa shape index (κ2) is 24.8. The molecule has 12 nitrogen and oxygen atoms in total. The molecule has 0 aliphatic carbocycles. The molecule has 0 fully saturated rings. The summed E-state index contributed by atoms with van der Waals surface area (Å²) in [5, 5.41) is 10.6. The van der Waals surface area contributed by atoms with E-state index in [-0.39, 0.29) is 30.8 Å². The molecule has 0 saturated carbocycles. The van der Waals surface area contributed by atoms with Gasteiger partial charge in [-0.3, -0.25) is 14.4 Å². The van der Waals surface area contributed by atoms with Crippen LogP contribution in [0.5, 0.6) is 0 Å². The molecule has 194 valence electrons. The van der Waals surface area contributed by atoms with Gasteiger partial charge in [-0.25, -0.2) is 0 Å². The maximum Gasteiger partial charge on any atom is 0.239 e. The molecule has 33 heavy (non-hydrogen) atoms. The molecule has 0 rings (SSSR count). The van der Waals surface area contributed by atoms with E-state index in [1.807, 2.05) is 6.92 Å². The zero-order valence-corrected chi connectivity index (χ0v) is 20.1. The molecule has 0 spiro atoms. The van der Waals surface area contributed by atoms with Crippen LogP contribution >= 0.6 is 0 Å². The Balaban J connectivity index is 3.18. The van der Waals surface area contributed by atoms with Gasteiger partial charge in [0.05, 0.1) is 79.2 Å². The van der Waals surface area contributed by atoms with Crippen LogP contribution in [0.4, 0.5) is 0 Å². The Morgan fingerprint density at radius 2 is 0.939 bits per heavy atom. The SMILES string of the molecule is CCCC(=O)NCCOCCOCCOCCOCCOCCNC(=O)CNC(=O)CNC. The number of rotatable bonds is 24. The molecule has 3 amide bonds. The molecule has 4 N–H and O–H groups in total. The molecule has 0 aromatic heterocycles. The normalized spacial score (nSPS) is 10.7. The van der Waals surface area contributed by atoms with E-state index in [0.717, 1.165) is 6.42 Å². The molecule has 0 bridgehead atoms. The average Bonchev–Trinajstić information content (AvgIpc) is 2.79. The number of carbonyl (C=O) groups is 3. The van der Waals surface area contributed by atoms with Crippen molar-refractivity contribution in [2.24, 2.45) is 0 Å². The zero-order chi connectivity index (χ0) is 24.4. The molecular weight excluding hydrogens is 436 g/mol. The molecule has 0 aromatic carbocycles. The lowest BCUT2D eigenvalue weighted by Gasteiger charge is -2.09. The largest absolute Gasteiger partial charge is 0.377 e. The van der Waals surface area contributed by atoms with Crippen LogP contribution in [-0.2, 0) is 38.1 Å². The Hall–Kier alpha value is -1.83. The predicted octanol–water partition coefficient (Wildman–Crippen LogP) is -1.56. The third-order valence-corrected chi connectivity index (χ3v) is 3.89. The number of likely N-dealkylation sites (N-methyl/N-ethyl adjacent to an activating group) is 1. The highest BCUT2D eigenvalue weighted by Crippen LogP contribution is 1.86. The van der Waals surface area contributed by atoms with Crippen molar-refractivity contribution in [3.05, 3.63) is 0 Å². The first-order valence-electron chi connectivity index (χ1n) is 11.4. The topological polar surface area (TPSA) is 145 Å². The van der Waals surface area contributed by atoms with Crippen molar-refractivity contribution in [2.45, 2.75) is 19.8 Å². The molecule has 0 unspecified atom stereocenters. The Morgan fingerprint density at radius 1 is 0.545 bits per heavy atom. The van der Waals surface area contributed by atoms with Crippen molar-refractivity contribution < 1.29 is 38.1 Å². The summed E-state index contributed by atoms with van der Waals surface area (Å²) in [6, 6.07) is 0. The van der Waals surface area contributed by atoms with Crippen molar-refractivity contribution in [1.29, 1.82) is 0 Å². The number of carbonyl (C=O) groups excluding carboxylic acids is 3. The van der Waals surface area contributed by atoms with E-state index in [4.69, 9.17) is 23.7 Å². The lowest BCUT2D eigenvalue weighted by Crippen LogP contribution is -2.40. The standard InChI is InChI=1S/C21H42N4O8/c1-3-4-19(26)23-5-7-29-9-11-31-13-15-33-16-14-32-12-10-30-8-6-24-21(28)18-25-20(27)17-22-2/h22H,3-18H2,1-2H3,(H,23,26)(H,24,28)(H,25,27). The van der Waals surface area contributed by atoms with Crippen LogP contribution in [0.15, 0.2) is 0 Å². The van der Waals surface area contributed by atoms with Gasteiger partial charge in [0.15, 0.2) is 0 Å². The third-order valence-electron chi connectivity index (χ3n) is 3.89. The predicted molar refractivity (Wildman–Crippen MR) is 122 cm³/mol. The number of ether oxygens (including phenoxy) is 5. The first-order valence-corrected chi connectivity index (χ1v) is 11.4. The van der Waals surface area contributed by atoms with Crippen molar-refractivity contribution in [2.75, 3.05) is 99.3 Å². The second-order valence-electron chi connectivity index (χ2n) is 6.82. The first-order chi connectivity index (χ1) is 16.1. The summed E-state index contributed by atoms with van der Waals surface area (Å²) in [6.07, 6.45) is 1.39. The maximum absolute atomic E-state index is 11.5. The Labute approximate surface area is 196 Å². The van der Waals surface area contributed by atoms with Crippen LogP contribution in [0.2, 0.25) is 0 Å². The summed E-state index contributed by atoms with van der Waals surface area (Å²) < 4.78 is 26.9. The van der Waals surface area contributed by atoms with Crippen LogP contribution in [0.1, 0.15) is 19.8 Å². The van der Waals surface area contributed by atoms with Crippen LogP contribution in [0.25, 0.3) is 0 Å². The van der Waals surface area contributed by atoms with Crippen LogP contribution in [0.3, 0.4) is 0 Å². The van der Waals surface area contributed by atoms with Crippen LogP contribution < -0.4 is 21.3 Å². The highest BCUT2D eigenvalue weighted by Gasteiger charge is 2.03. The summed E-state index contributed by atoms with van der Waals surface area (Å²) in [4.78, 5) is 33.9. The molecule has 0 aliphatic heterocycles. The van der Waals surface area contributed by atoms with Crippen molar-refractivity contribution in [3.8, 4) is 0 Å². The van der Waals surface area contributed by atoms with Crippen molar-refractivity contribution >= 4 is 17.7 Å². The van der Waals surface area contributed by atoms with Crippen molar-refractivity contribution in [1.82, 2.24) is 21.3 Å². The lowest BCUT2D eigenvalue weighted by atomic mass is 10.3. The highest BCUT2D eigenvalue weighted by atomic mass is 16.6.